The molecule has 1 fully saturated rings. The molecule has 3 heterocycles. The Morgan fingerprint density at radius 1 is 1.02 bits per heavy atom. The summed E-state index contributed by atoms with van der Waals surface area (Å²) >= 11 is 0. The molecule has 44 heavy (non-hydrogen) atoms. The largest absolute Gasteiger partial charge is 0.497 e. The lowest BCUT2D eigenvalue weighted by Crippen LogP contribution is -2.45. The van der Waals surface area contributed by atoms with E-state index in [4.69, 9.17) is 4.74 Å². The molecule has 2 N–H and O–H groups in total. The van der Waals surface area contributed by atoms with E-state index in [-0.39, 0.29) is 46.7 Å². The van der Waals surface area contributed by atoms with Gasteiger partial charge in [0.15, 0.2) is 0 Å². The summed E-state index contributed by atoms with van der Waals surface area (Å²) in [5, 5.41) is 5.37. The monoisotopic (exact) mass is 593 g/mol. The normalized spacial score (nSPS) is 14.9. The summed E-state index contributed by atoms with van der Waals surface area (Å²) in [7, 11) is 1.55. The Labute approximate surface area is 251 Å². The summed E-state index contributed by atoms with van der Waals surface area (Å²) in [4.78, 5) is 56.2. The molecule has 0 aliphatic carbocycles. The van der Waals surface area contributed by atoms with E-state index in [9.17, 15) is 19.2 Å². The first-order chi connectivity index (χ1) is 21.2. The maximum absolute atomic E-state index is 15.1. The van der Waals surface area contributed by atoms with Gasteiger partial charge in [-0.25, -0.2) is 9.37 Å². The van der Waals surface area contributed by atoms with E-state index < -0.39 is 29.2 Å². The number of halogens is 1. The number of fused-ring (bicyclic) bond motifs is 1. The molecule has 1 aliphatic rings. The van der Waals surface area contributed by atoms with Crippen molar-refractivity contribution in [3.8, 4) is 22.7 Å². The summed E-state index contributed by atoms with van der Waals surface area (Å²) in [5.74, 6) is -1.01. The highest BCUT2D eigenvalue weighted by atomic mass is 19.1. The van der Waals surface area contributed by atoms with Gasteiger partial charge in [0, 0.05) is 17.7 Å². The zero-order valence-corrected chi connectivity index (χ0v) is 24.2. The molecule has 0 spiro atoms. The Morgan fingerprint density at radius 3 is 2.55 bits per heavy atom. The Kier molecular flexibility index (Phi) is 7.30. The smallest absolute Gasteiger partial charge is 0.262 e. The highest BCUT2D eigenvalue weighted by Crippen LogP contribution is 2.33. The number of hydrogen-bond acceptors (Lipinski definition) is 6. The predicted molar refractivity (Wildman–Crippen MR) is 163 cm³/mol. The van der Waals surface area contributed by atoms with Crippen molar-refractivity contribution in [1.82, 2.24) is 19.4 Å². The van der Waals surface area contributed by atoms with Gasteiger partial charge in [0.25, 0.3) is 11.5 Å². The summed E-state index contributed by atoms with van der Waals surface area (Å²) < 4.78 is 23.4. The van der Waals surface area contributed by atoms with Crippen molar-refractivity contribution in [3.05, 3.63) is 106 Å². The quantitative estimate of drug-likeness (QED) is 0.271. The molecular formula is C33H28FN5O5. The second kappa shape index (κ2) is 11.3. The minimum Gasteiger partial charge on any atom is -0.497 e. The van der Waals surface area contributed by atoms with Crippen LogP contribution >= 0.6 is 0 Å². The van der Waals surface area contributed by atoms with Crippen LogP contribution in [0.3, 0.4) is 0 Å². The van der Waals surface area contributed by atoms with E-state index in [1.54, 1.807) is 80.1 Å². The first-order valence-corrected chi connectivity index (χ1v) is 14.0. The molecule has 222 valence electrons. The van der Waals surface area contributed by atoms with Crippen molar-refractivity contribution in [2.24, 2.45) is 0 Å². The molecule has 1 aliphatic heterocycles. The van der Waals surface area contributed by atoms with E-state index in [1.165, 1.54) is 10.6 Å². The minimum absolute atomic E-state index is 0.111. The third-order valence-electron chi connectivity index (χ3n) is 7.83. The number of anilines is 1. The average Bonchev–Trinajstić information content (AvgIpc) is 3.35. The maximum Gasteiger partial charge on any atom is 0.262 e. The van der Waals surface area contributed by atoms with Gasteiger partial charge in [0.05, 0.1) is 35.1 Å². The van der Waals surface area contributed by atoms with Crippen LogP contribution in [0.5, 0.6) is 5.75 Å². The van der Waals surface area contributed by atoms with Crippen LogP contribution in [0, 0.1) is 19.7 Å². The molecule has 5 aromatic rings. The summed E-state index contributed by atoms with van der Waals surface area (Å²) in [5.41, 5.74) is 2.45. The molecule has 1 saturated heterocycles. The van der Waals surface area contributed by atoms with Crippen LogP contribution in [-0.4, -0.2) is 38.9 Å². The lowest BCUT2D eigenvalue weighted by atomic mass is 10.1. The molecule has 0 saturated carbocycles. The molecule has 1 atom stereocenters. The molecule has 2 aromatic heterocycles. The van der Waals surface area contributed by atoms with Crippen LogP contribution in [0.2, 0.25) is 0 Å². The summed E-state index contributed by atoms with van der Waals surface area (Å²) in [6.45, 7) is 3.33. The molecule has 0 bridgehead atoms. The van der Waals surface area contributed by atoms with E-state index in [0.717, 1.165) is 0 Å². The number of aryl methyl sites for hydroxylation is 1. The molecule has 11 heteroatoms. The lowest BCUT2D eigenvalue weighted by Gasteiger charge is -2.24. The second-order valence-corrected chi connectivity index (χ2v) is 10.5. The first kappa shape index (κ1) is 28.5. The topological polar surface area (TPSA) is 124 Å². The Hall–Kier alpha value is -5.58. The van der Waals surface area contributed by atoms with E-state index in [0.29, 0.717) is 28.4 Å². The molecular weight excluding hydrogens is 565 g/mol. The highest BCUT2D eigenvalue weighted by molar-refractivity contribution is 6.09. The number of methoxy groups -OCH3 is 1. The minimum atomic E-state index is -0.869. The van der Waals surface area contributed by atoms with Crippen molar-refractivity contribution >= 4 is 34.3 Å². The van der Waals surface area contributed by atoms with Gasteiger partial charge in [-0.3, -0.25) is 29.1 Å². The van der Waals surface area contributed by atoms with E-state index in [1.807, 2.05) is 12.1 Å². The fraction of sp³-hybridized carbons (Fsp3) is 0.182. The molecule has 3 amide bonds. The number of ether oxygens (including phenoxy) is 1. The van der Waals surface area contributed by atoms with Crippen molar-refractivity contribution in [3.63, 3.8) is 0 Å². The number of hydrogen-bond donors (Lipinski definition) is 2. The number of carbonyl (C=O) groups excluding carboxylic acids is 3. The number of rotatable bonds is 6. The Morgan fingerprint density at radius 2 is 1.80 bits per heavy atom. The zero-order chi connectivity index (χ0) is 31.1. The van der Waals surface area contributed by atoms with Crippen molar-refractivity contribution in [2.45, 2.75) is 32.7 Å². The number of piperidine rings is 1. The fourth-order valence-electron chi connectivity index (χ4n) is 5.69. The number of nitrogens with one attached hydrogen (secondary N) is 2. The van der Waals surface area contributed by atoms with Gasteiger partial charge in [-0.2, -0.15) is 0 Å². The van der Waals surface area contributed by atoms with E-state index >= 15 is 4.39 Å². The number of amides is 3. The molecule has 1 unspecified atom stereocenters. The number of imide groups is 1. The third-order valence-corrected chi connectivity index (χ3v) is 7.83. The van der Waals surface area contributed by atoms with Crippen molar-refractivity contribution in [2.75, 3.05) is 12.4 Å². The van der Waals surface area contributed by atoms with Gasteiger partial charge >= 0.3 is 0 Å². The number of benzene rings is 3. The first-order valence-electron chi connectivity index (χ1n) is 14.0. The van der Waals surface area contributed by atoms with Crippen LogP contribution in [0.15, 0.2) is 77.6 Å². The number of para-hydroxylation sites is 2. The van der Waals surface area contributed by atoms with Crippen LogP contribution in [0.1, 0.15) is 40.8 Å². The molecule has 0 radical (unpaired) electrons. The van der Waals surface area contributed by atoms with E-state index in [2.05, 4.69) is 15.6 Å². The van der Waals surface area contributed by atoms with Crippen LogP contribution in [0.4, 0.5) is 10.1 Å². The molecule has 6 rings (SSSR count). The van der Waals surface area contributed by atoms with Gasteiger partial charge in [-0.1, -0.05) is 30.3 Å². The SMILES string of the molecule is COc1cccc(-c2cc(C(=O)Nc3cccc4c(=O)n(C5CCC(=O)NC5=O)c(C)nc34)c(C)n2-c2ccccc2F)c1. The van der Waals surface area contributed by atoms with Gasteiger partial charge in [-0.05, 0) is 62.7 Å². The lowest BCUT2D eigenvalue weighted by molar-refractivity contribution is -0.135. The van der Waals surface area contributed by atoms with Crippen molar-refractivity contribution in [1.29, 1.82) is 0 Å². The molecule has 3 aromatic carbocycles. The summed E-state index contributed by atoms with van der Waals surface area (Å²) in [6, 6.07) is 19.2. The Bertz CT molecular complexity index is 2050. The number of aromatic nitrogens is 3. The second-order valence-electron chi connectivity index (χ2n) is 10.5. The highest BCUT2D eigenvalue weighted by Gasteiger charge is 2.31. The predicted octanol–water partition coefficient (Wildman–Crippen LogP) is 4.85. The van der Waals surface area contributed by atoms with Gasteiger partial charge in [0.2, 0.25) is 11.8 Å². The zero-order valence-electron chi connectivity index (χ0n) is 24.2. The van der Waals surface area contributed by atoms with Crippen molar-refractivity contribution < 1.29 is 23.5 Å². The van der Waals surface area contributed by atoms with Gasteiger partial charge in [-0.15, -0.1) is 0 Å². The average molecular weight is 594 g/mol. The van der Waals surface area contributed by atoms with Gasteiger partial charge in [0.1, 0.15) is 28.9 Å². The molecule has 10 nitrogen and oxygen atoms in total. The third kappa shape index (κ3) is 4.91. The van der Waals surface area contributed by atoms with Crippen LogP contribution in [0.25, 0.3) is 27.8 Å². The number of carbonyl (C=O) groups is 3. The van der Waals surface area contributed by atoms with Crippen LogP contribution in [-0.2, 0) is 9.59 Å². The van der Waals surface area contributed by atoms with Gasteiger partial charge < -0.3 is 14.6 Å². The number of nitrogens with zero attached hydrogens (tertiary/aromatic N) is 3. The summed E-state index contributed by atoms with van der Waals surface area (Å²) in [6.07, 6.45) is 0.295. The standard InChI is InChI=1S/C33H28FN5O5/c1-18-23(17-28(20-8-6-9-21(16-20)44-3)38(18)26-13-5-4-11-24(26)34)31(41)36-25-12-7-10-22-30(25)35-19(2)39(33(22)43)27-14-15-29(40)37-32(27)42/h4-13,16-17,27H,14-15H2,1-3H3,(H,36,41)(H,37,40,42). The van der Waals surface area contributed by atoms with Crippen LogP contribution < -0.4 is 20.9 Å². The Balaban J connectivity index is 1.43. The maximum atomic E-state index is 15.1. The fourth-order valence-corrected chi connectivity index (χ4v) is 5.69.